The molecule has 0 atom stereocenters. The fraction of sp³-hybridized carbons (Fsp3) is 0.100. The van der Waals surface area contributed by atoms with E-state index in [1.54, 1.807) is 7.11 Å². The molecule has 0 aromatic heterocycles. The summed E-state index contributed by atoms with van der Waals surface area (Å²) in [5, 5.41) is 0. The third-order valence-corrected chi connectivity index (χ3v) is 16.5. The van der Waals surface area contributed by atoms with Crippen LogP contribution in [-0.2, 0) is 4.74 Å². The first-order valence-corrected chi connectivity index (χ1v) is 15.9. The molecule has 0 saturated carbocycles. The zero-order chi connectivity index (χ0) is 24.1. The summed E-state index contributed by atoms with van der Waals surface area (Å²) in [5.41, 5.74) is 1.01. The Morgan fingerprint density at radius 1 is 0.771 bits per heavy atom. The SMILES string of the molecule is COc1ccc(/C=[C](/N2CCOC2=O)[Ge]([c]2ccccc2)([c]2ccccc2)[c]2ccccc2)cc1. The minimum absolute atomic E-state index is 0.289. The predicted molar refractivity (Wildman–Crippen MR) is 143 cm³/mol. The number of rotatable bonds is 7. The van der Waals surface area contributed by atoms with Gasteiger partial charge < -0.3 is 0 Å². The Kier molecular flexibility index (Phi) is 6.73. The van der Waals surface area contributed by atoms with Crippen molar-refractivity contribution in [3.8, 4) is 5.75 Å². The van der Waals surface area contributed by atoms with E-state index in [4.69, 9.17) is 9.47 Å². The number of amides is 1. The summed E-state index contributed by atoms with van der Waals surface area (Å²) in [6, 6.07) is 39.9. The van der Waals surface area contributed by atoms with Gasteiger partial charge >= 0.3 is 209 Å². The summed E-state index contributed by atoms with van der Waals surface area (Å²) in [5.74, 6) is 0.797. The average Bonchev–Trinajstić information content (AvgIpc) is 3.36. The monoisotopic (exact) mass is 523 g/mol. The van der Waals surface area contributed by atoms with Gasteiger partial charge in [0.15, 0.2) is 0 Å². The fourth-order valence-corrected chi connectivity index (χ4v) is 15.3. The van der Waals surface area contributed by atoms with E-state index in [2.05, 4.69) is 78.9 Å². The van der Waals surface area contributed by atoms with Crippen LogP contribution in [0.15, 0.2) is 120 Å². The van der Waals surface area contributed by atoms with Gasteiger partial charge in [0.05, 0.1) is 0 Å². The molecule has 0 unspecified atom stereocenters. The van der Waals surface area contributed by atoms with E-state index in [1.807, 2.05) is 47.4 Å². The Morgan fingerprint density at radius 3 is 1.66 bits per heavy atom. The van der Waals surface area contributed by atoms with Crippen molar-refractivity contribution < 1.29 is 14.3 Å². The van der Waals surface area contributed by atoms with Crippen molar-refractivity contribution in [2.45, 2.75) is 0 Å². The number of benzene rings is 4. The number of methoxy groups -OCH3 is 1. The van der Waals surface area contributed by atoms with Gasteiger partial charge in [-0.15, -0.1) is 0 Å². The van der Waals surface area contributed by atoms with Crippen molar-refractivity contribution in [3.05, 3.63) is 125 Å². The van der Waals surface area contributed by atoms with Crippen molar-refractivity contribution >= 4 is 38.6 Å². The predicted octanol–water partition coefficient (Wildman–Crippen LogP) is 4.20. The maximum atomic E-state index is 13.1. The third-order valence-electron chi connectivity index (χ3n) is 6.48. The van der Waals surface area contributed by atoms with Gasteiger partial charge in [-0.2, -0.15) is 0 Å². The molecular formula is C30H27GeNO3. The van der Waals surface area contributed by atoms with Crippen LogP contribution < -0.4 is 17.9 Å². The van der Waals surface area contributed by atoms with Crippen molar-refractivity contribution in [2.75, 3.05) is 20.3 Å². The minimum atomic E-state index is -3.66. The molecule has 1 aliphatic heterocycles. The Bertz CT molecular complexity index is 1210. The van der Waals surface area contributed by atoms with Gasteiger partial charge in [0.1, 0.15) is 0 Å². The number of ether oxygens (including phenoxy) is 2. The normalized spacial score (nSPS) is 14.0. The van der Waals surface area contributed by atoms with Crippen LogP contribution >= 0.6 is 0 Å². The van der Waals surface area contributed by atoms with Crippen LogP contribution in [0.5, 0.6) is 5.75 Å². The second-order valence-corrected chi connectivity index (χ2v) is 16.3. The molecule has 0 spiro atoms. The van der Waals surface area contributed by atoms with E-state index in [1.165, 1.54) is 13.2 Å². The van der Waals surface area contributed by atoms with Crippen molar-refractivity contribution in [2.24, 2.45) is 0 Å². The molecule has 35 heavy (non-hydrogen) atoms. The van der Waals surface area contributed by atoms with Gasteiger partial charge in [0.25, 0.3) is 0 Å². The van der Waals surface area contributed by atoms with E-state index in [0.717, 1.165) is 15.8 Å². The quantitative estimate of drug-likeness (QED) is 0.342. The molecular weight excluding hydrogens is 495 g/mol. The standard InChI is InChI=1S/C30H27GeNO3/c1-34-28-19-17-24(18-20-28)23-29(32-21-22-35-30(32)33)31(25-11-5-2-6-12-25,26-13-7-3-8-14-26)27-15-9-4-10-16-27/h2-20,23H,21-22H2,1H3/b29-23+. The van der Waals surface area contributed by atoms with Crippen LogP contribution in [-0.4, -0.2) is 44.5 Å². The summed E-state index contributed by atoms with van der Waals surface area (Å²) in [7, 11) is 1.66. The van der Waals surface area contributed by atoms with E-state index < -0.39 is 13.3 Å². The summed E-state index contributed by atoms with van der Waals surface area (Å²) in [6.07, 6.45) is 1.89. The second-order valence-electron chi connectivity index (χ2n) is 8.42. The number of hydrogen-bond acceptors (Lipinski definition) is 3. The first kappa shape index (κ1) is 23.0. The van der Waals surface area contributed by atoms with Gasteiger partial charge in [-0.1, -0.05) is 0 Å². The molecule has 4 aromatic carbocycles. The molecule has 174 valence electrons. The zero-order valence-corrected chi connectivity index (χ0v) is 21.7. The molecule has 5 heteroatoms. The van der Waals surface area contributed by atoms with Gasteiger partial charge in [0.2, 0.25) is 0 Å². The molecule has 1 aliphatic rings. The molecule has 1 heterocycles. The summed E-state index contributed by atoms with van der Waals surface area (Å²) < 4.78 is 15.6. The molecule has 1 amide bonds. The van der Waals surface area contributed by atoms with Crippen molar-refractivity contribution in [1.29, 1.82) is 0 Å². The Hall–Kier alpha value is -3.77. The van der Waals surface area contributed by atoms with Gasteiger partial charge in [-0.05, 0) is 0 Å². The van der Waals surface area contributed by atoms with E-state index in [9.17, 15) is 4.79 Å². The van der Waals surface area contributed by atoms with Crippen LogP contribution in [0.25, 0.3) is 6.08 Å². The number of hydrogen-bond donors (Lipinski definition) is 0. The molecule has 4 nitrogen and oxygen atoms in total. The Morgan fingerprint density at radius 2 is 1.26 bits per heavy atom. The summed E-state index contributed by atoms with van der Waals surface area (Å²) >= 11 is -3.66. The molecule has 0 bridgehead atoms. The van der Waals surface area contributed by atoms with Gasteiger partial charge in [0, 0.05) is 0 Å². The summed E-state index contributed by atoms with van der Waals surface area (Å²) in [6.45, 7) is 0.912. The topological polar surface area (TPSA) is 38.8 Å². The molecule has 0 radical (unpaired) electrons. The summed E-state index contributed by atoms with van der Waals surface area (Å²) in [4.78, 5) is 15.0. The molecule has 0 aliphatic carbocycles. The molecule has 1 saturated heterocycles. The fourth-order valence-electron chi connectivity index (χ4n) is 4.87. The van der Waals surface area contributed by atoms with E-state index in [-0.39, 0.29) is 6.09 Å². The van der Waals surface area contributed by atoms with Crippen LogP contribution in [0.4, 0.5) is 4.79 Å². The van der Waals surface area contributed by atoms with Crippen LogP contribution in [0.3, 0.4) is 0 Å². The number of cyclic esters (lactones) is 1. The van der Waals surface area contributed by atoms with Crippen LogP contribution in [0.1, 0.15) is 5.56 Å². The Labute approximate surface area is 208 Å². The molecule has 4 aromatic rings. The van der Waals surface area contributed by atoms with Gasteiger partial charge in [-0.3, -0.25) is 0 Å². The van der Waals surface area contributed by atoms with Gasteiger partial charge in [-0.25, -0.2) is 0 Å². The molecule has 1 fully saturated rings. The molecule has 5 rings (SSSR count). The van der Waals surface area contributed by atoms with Crippen molar-refractivity contribution in [1.82, 2.24) is 4.90 Å². The first-order valence-electron chi connectivity index (χ1n) is 11.7. The van der Waals surface area contributed by atoms with E-state index >= 15 is 0 Å². The average molecular weight is 522 g/mol. The van der Waals surface area contributed by atoms with Crippen LogP contribution in [0.2, 0.25) is 0 Å². The second kappa shape index (κ2) is 10.2. The zero-order valence-electron chi connectivity index (χ0n) is 19.6. The number of nitrogens with zero attached hydrogens (tertiary/aromatic N) is 1. The van der Waals surface area contributed by atoms with Crippen molar-refractivity contribution in [3.63, 3.8) is 0 Å². The van der Waals surface area contributed by atoms with E-state index in [0.29, 0.717) is 13.2 Å². The first-order chi connectivity index (χ1) is 17.2. The third kappa shape index (κ3) is 4.37. The maximum absolute atomic E-state index is 13.1. The number of carbonyl (C=O) groups is 1. The van der Waals surface area contributed by atoms with Crippen LogP contribution in [0, 0.1) is 0 Å². The number of carbonyl (C=O) groups excluding carboxylic acids is 1. The molecule has 0 N–H and O–H groups in total. The Balaban J connectivity index is 1.87.